The van der Waals surface area contributed by atoms with E-state index in [0.29, 0.717) is 0 Å². The van der Waals surface area contributed by atoms with Gasteiger partial charge >= 0.3 is 0 Å². The first-order valence-electron chi connectivity index (χ1n) is 3.42. The van der Waals surface area contributed by atoms with Gasteiger partial charge in [0.05, 0.1) is 0 Å². The van der Waals surface area contributed by atoms with E-state index < -0.39 is 5.38 Å². The zero-order chi connectivity index (χ0) is 8.97. The van der Waals surface area contributed by atoms with Crippen molar-refractivity contribution in [2.24, 2.45) is 0 Å². The smallest absolute Gasteiger partial charge is 0.244 e. The number of nitrogens with one attached hydrogen (secondary N) is 1. The Morgan fingerprint density at radius 3 is 2.67 bits per heavy atom. The number of rotatable bonds is 2. The molecule has 0 saturated heterocycles. The van der Waals surface area contributed by atoms with Crippen LogP contribution in [0.3, 0.4) is 0 Å². The Morgan fingerprint density at radius 2 is 2.17 bits per heavy atom. The highest BCUT2D eigenvalue weighted by Crippen LogP contribution is 1.99. The maximum atomic E-state index is 11.0. The molecule has 12 heavy (non-hydrogen) atoms. The van der Waals surface area contributed by atoms with E-state index in [1.807, 2.05) is 0 Å². The molecule has 1 aromatic heterocycles. The molecular weight excluding hydrogens is 178 g/mol. The van der Waals surface area contributed by atoms with Crippen molar-refractivity contribution in [2.45, 2.75) is 12.3 Å². The van der Waals surface area contributed by atoms with Gasteiger partial charge in [-0.05, 0) is 13.0 Å². The molecule has 5 heteroatoms. The molecule has 0 radical (unpaired) electrons. The molecule has 1 atom stereocenters. The van der Waals surface area contributed by atoms with E-state index in [0.717, 1.165) is 0 Å². The maximum Gasteiger partial charge on any atom is 0.244 e. The van der Waals surface area contributed by atoms with Crippen molar-refractivity contribution < 1.29 is 4.79 Å². The molecule has 1 amide bonds. The van der Waals surface area contributed by atoms with Crippen LogP contribution in [0.25, 0.3) is 0 Å². The second kappa shape index (κ2) is 4.01. The van der Waals surface area contributed by atoms with E-state index in [4.69, 9.17) is 11.6 Å². The molecule has 0 saturated carbocycles. The Hall–Kier alpha value is -1.16. The lowest BCUT2D eigenvalue weighted by Gasteiger charge is -2.02. The monoisotopic (exact) mass is 185 g/mol. The fourth-order valence-corrected chi connectivity index (χ4v) is 0.628. The minimum atomic E-state index is -0.575. The Bertz CT molecular complexity index is 263. The van der Waals surface area contributed by atoms with E-state index in [-0.39, 0.29) is 11.9 Å². The van der Waals surface area contributed by atoms with E-state index in [9.17, 15) is 4.79 Å². The van der Waals surface area contributed by atoms with Crippen LogP contribution >= 0.6 is 11.6 Å². The van der Waals surface area contributed by atoms with Crippen LogP contribution in [0, 0.1) is 0 Å². The SMILES string of the molecule is C[C@H](Cl)C(=O)Nc1ncccn1. The number of amides is 1. The number of hydrogen-bond donors (Lipinski definition) is 1. The first-order chi connectivity index (χ1) is 5.70. The fourth-order valence-electron chi connectivity index (χ4n) is 0.573. The lowest BCUT2D eigenvalue weighted by Crippen LogP contribution is -2.21. The van der Waals surface area contributed by atoms with Crippen molar-refractivity contribution >= 4 is 23.5 Å². The summed E-state index contributed by atoms with van der Waals surface area (Å²) >= 11 is 5.51. The molecule has 0 aliphatic rings. The first kappa shape index (κ1) is 8.93. The molecule has 1 heterocycles. The quantitative estimate of drug-likeness (QED) is 0.701. The molecule has 0 fully saturated rings. The highest BCUT2D eigenvalue weighted by atomic mass is 35.5. The van der Waals surface area contributed by atoms with Crippen LogP contribution in [0.1, 0.15) is 6.92 Å². The number of alkyl halides is 1. The van der Waals surface area contributed by atoms with Crippen molar-refractivity contribution in [3.8, 4) is 0 Å². The van der Waals surface area contributed by atoms with Crippen LogP contribution in [0.4, 0.5) is 5.95 Å². The number of nitrogens with zero attached hydrogens (tertiary/aromatic N) is 2. The Labute approximate surface area is 75.0 Å². The third kappa shape index (κ3) is 2.47. The van der Waals surface area contributed by atoms with Gasteiger partial charge in [-0.15, -0.1) is 11.6 Å². The fraction of sp³-hybridized carbons (Fsp3) is 0.286. The van der Waals surface area contributed by atoms with Crippen LogP contribution in [0.15, 0.2) is 18.5 Å². The van der Waals surface area contributed by atoms with Gasteiger partial charge in [-0.2, -0.15) is 0 Å². The predicted octanol–water partition coefficient (Wildman–Crippen LogP) is 1.04. The van der Waals surface area contributed by atoms with E-state index in [2.05, 4.69) is 15.3 Å². The van der Waals surface area contributed by atoms with Gasteiger partial charge in [-0.25, -0.2) is 9.97 Å². The van der Waals surface area contributed by atoms with Crippen molar-refractivity contribution in [1.29, 1.82) is 0 Å². The topological polar surface area (TPSA) is 54.9 Å². The van der Waals surface area contributed by atoms with Crippen molar-refractivity contribution in [3.05, 3.63) is 18.5 Å². The summed E-state index contributed by atoms with van der Waals surface area (Å²) in [5.74, 6) is -0.0298. The molecule has 0 aliphatic heterocycles. The third-order valence-corrected chi connectivity index (χ3v) is 1.36. The summed E-state index contributed by atoms with van der Waals surface area (Å²) in [6, 6.07) is 1.67. The lowest BCUT2D eigenvalue weighted by molar-refractivity contribution is -0.115. The average molecular weight is 186 g/mol. The highest BCUT2D eigenvalue weighted by molar-refractivity contribution is 6.32. The van der Waals surface area contributed by atoms with Gasteiger partial charge in [0.25, 0.3) is 0 Å². The number of carbonyl (C=O) groups excluding carboxylic acids is 1. The van der Waals surface area contributed by atoms with E-state index in [1.165, 1.54) is 0 Å². The first-order valence-corrected chi connectivity index (χ1v) is 3.86. The lowest BCUT2D eigenvalue weighted by atomic mass is 10.4. The minimum absolute atomic E-state index is 0.273. The summed E-state index contributed by atoms with van der Waals surface area (Å²) in [5, 5.41) is 1.87. The molecule has 1 rings (SSSR count). The summed E-state index contributed by atoms with van der Waals surface area (Å²) in [6.45, 7) is 1.58. The summed E-state index contributed by atoms with van der Waals surface area (Å²) in [7, 11) is 0. The van der Waals surface area contributed by atoms with Crippen molar-refractivity contribution in [3.63, 3.8) is 0 Å². The molecule has 4 nitrogen and oxygen atoms in total. The van der Waals surface area contributed by atoms with Crippen LogP contribution in [-0.4, -0.2) is 21.3 Å². The van der Waals surface area contributed by atoms with Crippen molar-refractivity contribution in [1.82, 2.24) is 9.97 Å². The number of hydrogen-bond acceptors (Lipinski definition) is 3. The molecule has 0 aromatic carbocycles. The van der Waals surface area contributed by atoms with Crippen molar-refractivity contribution in [2.75, 3.05) is 5.32 Å². The maximum absolute atomic E-state index is 11.0. The molecule has 0 spiro atoms. The van der Waals surface area contributed by atoms with Crippen LogP contribution in [-0.2, 0) is 4.79 Å². The molecule has 64 valence electrons. The summed E-state index contributed by atoms with van der Waals surface area (Å²) in [6.07, 6.45) is 3.09. The summed E-state index contributed by atoms with van der Waals surface area (Å²) < 4.78 is 0. The van der Waals surface area contributed by atoms with Crippen LogP contribution < -0.4 is 5.32 Å². The zero-order valence-electron chi connectivity index (χ0n) is 6.49. The van der Waals surface area contributed by atoms with E-state index in [1.54, 1.807) is 25.4 Å². The highest BCUT2D eigenvalue weighted by Gasteiger charge is 2.09. The van der Waals surface area contributed by atoms with Gasteiger partial charge in [0, 0.05) is 12.4 Å². The minimum Gasteiger partial charge on any atom is -0.293 e. The number of aromatic nitrogens is 2. The Balaban J connectivity index is 2.59. The van der Waals surface area contributed by atoms with Gasteiger partial charge < -0.3 is 0 Å². The number of halogens is 1. The number of anilines is 1. The number of carbonyl (C=O) groups is 1. The van der Waals surface area contributed by atoms with Gasteiger partial charge in [0.1, 0.15) is 5.38 Å². The molecule has 1 aromatic rings. The standard InChI is InChI=1S/C7H8ClN3O/c1-5(8)6(12)11-7-9-3-2-4-10-7/h2-5H,1H3,(H,9,10,11,12)/t5-/m0/s1. The molecule has 1 N–H and O–H groups in total. The second-order valence-corrected chi connectivity index (χ2v) is 2.83. The Morgan fingerprint density at radius 1 is 1.58 bits per heavy atom. The Kier molecular flexibility index (Phi) is 2.99. The summed E-state index contributed by atoms with van der Waals surface area (Å²) in [4.78, 5) is 18.6. The predicted molar refractivity (Wildman–Crippen MR) is 46.0 cm³/mol. The summed E-state index contributed by atoms with van der Waals surface area (Å²) in [5.41, 5.74) is 0. The molecule has 0 aliphatic carbocycles. The average Bonchev–Trinajstić information content (AvgIpc) is 2.06. The van der Waals surface area contributed by atoms with Gasteiger partial charge in [0.15, 0.2) is 0 Å². The second-order valence-electron chi connectivity index (χ2n) is 2.18. The third-order valence-electron chi connectivity index (χ3n) is 1.16. The van der Waals surface area contributed by atoms with Gasteiger partial charge in [-0.3, -0.25) is 10.1 Å². The molecular formula is C7H8ClN3O. The van der Waals surface area contributed by atoms with Gasteiger partial charge in [-0.1, -0.05) is 0 Å². The van der Waals surface area contributed by atoms with E-state index >= 15 is 0 Å². The molecule has 0 unspecified atom stereocenters. The zero-order valence-corrected chi connectivity index (χ0v) is 7.25. The largest absolute Gasteiger partial charge is 0.293 e. The van der Waals surface area contributed by atoms with Crippen LogP contribution in [0.5, 0.6) is 0 Å². The van der Waals surface area contributed by atoms with Crippen LogP contribution in [0.2, 0.25) is 0 Å². The normalized spacial score (nSPS) is 12.2. The molecule has 0 bridgehead atoms. The van der Waals surface area contributed by atoms with Gasteiger partial charge in [0.2, 0.25) is 11.9 Å².